The summed E-state index contributed by atoms with van der Waals surface area (Å²) < 4.78 is 28.4. The van der Waals surface area contributed by atoms with Gasteiger partial charge in [0.15, 0.2) is 10.8 Å². The largest absolute Gasteiger partial charge is 0.384 e. The van der Waals surface area contributed by atoms with Crippen LogP contribution in [0.5, 0.6) is 0 Å². The summed E-state index contributed by atoms with van der Waals surface area (Å²) in [6, 6.07) is 9.95. The molecule has 1 aromatic carbocycles. The first-order chi connectivity index (χ1) is 12.5. The van der Waals surface area contributed by atoms with E-state index in [9.17, 15) is 8.42 Å². The highest BCUT2D eigenvalue weighted by molar-refractivity contribution is 7.92. The van der Waals surface area contributed by atoms with E-state index in [-0.39, 0.29) is 26.8 Å². The molecule has 1 aliphatic rings. The fourth-order valence-corrected chi connectivity index (χ4v) is 5.49. The first-order valence-corrected chi connectivity index (χ1v) is 10.5. The average Bonchev–Trinajstić information content (AvgIpc) is 2.94. The molecular weight excluding hydrogens is 372 g/mol. The topological polar surface area (TPSA) is 90.9 Å². The number of halogens is 1. The van der Waals surface area contributed by atoms with E-state index in [0.29, 0.717) is 11.0 Å². The Balaban J connectivity index is 2.00. The minimum absolute atomic E-state index is 0.0704. The van der Waals surface area contributed by atoms with E-state index < -0.39 is 9.84 Å². The van der Waals surface area contributed by atoms with E-state index in [4.69, 9.17) is 17.3 Å². The van der Waals surface area contributed by atoms with Gasteiger partial charge in [0, 0.05) is 11.4 Å². The molecule has 0 spiro atoms. The molecule has 0 saturated heterocycles. The Labute approximate surface area is 156 Å². The Morgan fingerprint density at radius 3 is 2.46 bits per heavy atom. The Hall–Kier alpha value is -2.12. The molecular formula is C18H19ClN4O2S. The molecule has 6 nitrogen and oxygen atoms in total. The maximum absolute atomic E-state index is 13.3. The molecule has 26 heavy (non-hydrogen) atoms. The van der Waals surface area contributed by atoms with E-state index in [1.54, 1.807) is 30.3 Å². The van der Waals surface area contributed by atoms with Crippen LogP contribution in [0.3, 0.4) is 0 Å². The fraction of sp³-hybridized carbons (Fsp3) is 0.333. The van der Waals surface area contributed by atoms with E-state index in [2.05, 4.69) is 10.2 Å². The third-order valence-corrected chi connectivity index (χ3v) is 7.02. The van der Waals surface area contributed by atoms with Crippen molar-refractivity contribution in [1.29, 1.82) is 0 Å². The van der Waals surface area contributed by atoms with Crippen molar-refractivity contribution in [2.75, 3.05) is 5.73 Å². The van der Waals surface area contributed by atoms with Gasteiger partial charge in [-0.15, -0.1) is 10.2 Å². The van der Waals surface area contributed by atoms with Crippen LogP contribution in [0.1, 0.15) is 38.1 Å². The summed E-state index contributed by atoms with van der Waals surface area (Å²) >= 11 is 6.02. The molecule has 0 atom stereocenters. The quantitative estimate of drug-likeness (QED) is 0.729. The van der Waals surface area contributed by atoms with Crippen LogP contribution in [0.4, 0.5) is 5.82 Å². The van der Waals surface area contributed by atoms with Crippen LogP contribution >= 0.6 is 11.6 Å². The highest BCUT2D eigenvalue weighted by Crippen LogP contribution is 2.40. The van der Waals surface area contributed by atoms with Gasteiger partial charge in [0.2, 0.25) is 9.84 Å². The lowest BCUT2D eigenvalue weighted by atomic mass is 9.95. The Morgan fingerprint density at radius 2 is 1.77 bits per heavy atom. The lowest BCUT2D eigenvalue weighted by Crippen LogP contribution is -2.16. The predicted molar refractivity (Wildman–Crippen MR) is 101 cm³/mol. The van der Waals surface area contributed by atoms with Crippen molar-refractivity contribution in [3.05, 3.63) is 41.6 Å². The highest BCUT2D eigenvalue weighted by Gasteiger charge is 2.31. The Morgan fingerprint density at radius 1 is 1.08 bits per heavy atom. The maximum Gasteiger partial charge on any atom is 0.210 e. The lowest BCUT2D eigenvalue weighted by molar-refractivity contribution is 0.362. The molecule has 1 fully saturated rings. The molecule has 1 aliphatic carbocycles. The summed E-state index contributed by atoms with van der Waals surface area (Å²) in [5.41, 5.74) is 6.87. The van der Waals surface area contributed by atoms with Crippen molar-refractivity contribution in [1.82, 2.24) is 14.8 Å². The monoisotopic (exact) mass is 390 g/mol. The number of fused-ring (bicyclic) bond motifs is 1. The van der Waals surface area contributed by atoms with E-state index in [1.165, 1.54) is 12.5 Å². The summed E-state index contributed by atoms with van der Waals surface area (Å²) in [4.78, 5) is 0.267. The molecule has 2 heterocycles. The van der Waals surface area contributed by atoms with Crippen molar-refractivity contribution in [2.45, 2.75) is 47.9 Å². The zero-order valence-corrected chi connectivity index (χ0v) is 15.7. The number of nitrogens with zero attached hydrogens (tertiary/aromatic N) is 3. The second kappa shape index (κ2) is 6.55. The minimum Gasteiger partial charge on any atom is -0.384 e. The van der Waals surface area contributed by atoms with E-state index in [1.807, 2.05) is 4.57 Å². The van der Waals surface area contributed by atoms with Crippen molar-refractivity contribution in [2.24, 2.45) is 0 Å². The normalized spacial score (nSPS) is 16.2. The lowest BCUT2D eigenvalue weighted by Gasteiger charge is -2.24. The molecule has 0 bridgehead atoms. The molecule has 0 unspecified atom stereocenters. The number of nitrogen functional groups attached to an aromatic ring is 1. The van der Waals surface area contributed by atoms with Crippen LogP contribution < -0.4 is 5.73 Å². The second-order valence-corrected chi connectivity index (χ2v) is 8.87. The number of benzene rings is 1. The van der Waals surface area contributed by atoms with Gasteiger partial charge in [0.1, 0.15) is 10.7 Å². The number of nitrogens with two attached hydrogens (primary N) is 1. The van der Waals surface area contributed by atoms with Crippen LogP contribution in [0.25, 0.3) is 11.0 Å². The molecule has 3 aromatic rings. The third-order valence-electron chi connectivity index (χ3n) is 4.97. The van der Waals surface area contributed by atoms with Gasteiger partial charge < -0.3 is 10.3 Å². The number of anilines is 1. The number of hydrogen-bond acceptors (Lipinski definition) is 5. The van der Waals surface area contributed by atoms with Gasteiger partial charge in [-0.1, -0.05) is 49.1 Å². The van der Waals surface area contributed by atoms with Crippen molar-refractivity contribution in [3.63, 3.8) is 0 Å². The number of rotatable bonds is 3. The standard InChI is InChI=1S/C18H19ClN4O2S/c19-15-11-14-16(26(24,25)13-9-5-2-6-10-13)17(20)23(18(14)22-21-15)12-7-3-1-4-8-12/h2,5-6,9-12H,1,3-4,7-8,20H2. The van der Waals surface area contributed by atoms with Gasteiger partial charge >= 0.3 is 0 Å². The first-order valence-electron chi connectivity index (χ1n) is 8.63. The molecule has 0 radical (unpaired) electrons. The average molecular weight is 391 g/mol. The van der Waals surface area contributed by atoms with Crippen LogP contribution in [0, 0.1) is 0 Å². The molecule has 2 aromatic heterocycles. The summed E-state index contributed by atoms with van der Waals surface area (Å²) in [5, 5.41) is 8.67. The highest BCUT2D eigenvalue weighted by atomic mass is 35.5. The first kappa shape index (κ1) is 17.3. The number of sulfone groups is 1. The van der Waals surface area contributed by atoms with Crippen LogP contribution in [-0.4, -0.2) is 23.2 Å². The van der Waals surface area contributed by atoms with Crippen molar-refractivity contribution < 1.29 is 8.42 Å². The summed E-state index contributed by atoms with van der Waals surface area (Å²) in [5.74, 6) is 0.215. The zero-order chi connectivity index (χ0) is 18.3. The third kappa shape index (κ3) is 2.75. The second-order valence-electron chi connectivity index (χ2n) is 6.60. The van der Waals surface area contributed by atoms with Crippen LogP contribution in [0.2, 0.25) is 5.15 Å². The zero-order valence-electron chi connectivity index (χ0n) is 14.1. The van der Waals surface area contributed by atoms with Crippen LogP contribution in [-0.2, 0) is 9.84 Å². The summed E-state index contributed by atoms with van der Waals surface area (Å²) in [7, 11) is -3.80. The van der Waals surface area contributed by atoms with Crippen LogP contribution in [0.15, 0.2) is 46.2 Å². The Bertz CT molecular complexity index is 1060. The molecule has 1 saturated carbocycles. The number of hydrogen-bond donors (Lipinski definition) is 1. The maximum atomic E-state index is 13.3. The van der Waals surface area contributed by atoms with Gasteiger partial charge in [-0.25, -0.2) is 8.42 Å². The van der Waals surface area contributed by atoms with Gasteiger partial charge in [-0.2, -0.15) is 0 Å². The number of aromatic nitrogens is 3. The fourth-order valence-electron chi connectivity index (χ4n) is 3.78. The van der Waals surface area contributed by atoms with Gasteiger partial charge in [-0.3, -0.25) is 0 Å². The SMILES string of the molecule is Nc1c(S(=O)(=O)c2ccccc2)c2cc(Cl)nnc2n1C1CCCCC1. The van der Waals surface area contributed by atoms with E-state index in [0.717, 1.165) is 25.7 Å². The molecule has 2 N–H and O–H groups in total. The van der Waals surface area contributed by atoms with E-state index >= 15 is 0 Å². The smallest absolute Gasteiger partial charge is 0.210 e. The van der Waals surface area contributed by atoms with Gasteiger partial charge in [0.05, 0.1) is 4.90 Å². The van der Waals surface area contributed by atoms with Crippen molar-refractivity contribution in [3.8, 4) is 0 Å². The van der Waals surface area contributed by atoms with Gasteiger partial charge in [-0.05, 0) is 31.0 Å². The predicted octanol–water partition coefficient (Wildman–Crippen LogP) is 4.00. The molecule has 0 aliphatic heterocycles. The Kier molecular flexibility index (Phi) is 4.36. The molecule has 4 rings (SSSR count). The summed E-state index contributed by atoms with van der Waals surface area (Å²) in [6.07, 6.45) is 5.26. The van der Waals surface area contributed by atoms with Gasteiger partial charge in [0.25, 0.3) is 0 Å². The molecule has 8 heteroatoms. The molecule has 136 valence electrons. The molecule has 0 amide bonds. The minimum atomic E-state index is -3.80. The van der Waals surface area contributed by atoms with Crippen molar-refractivity contribution >= 4 is 38.3 Å². The summed E-state index contributed by atoms with van der Waals surface area (Å²) in [6.45, 7) is 0.